The number of thioether (sulfide) groups is 1. The number of amides is 2. The first kappa shape index (κ1) is 18.1. The van der Waals surface area contributed by atoms with Gasteiger partial charge in [-0.2, -0.15) is 11.8 Å². The van der Waals surface area contributed by atoms with Crippen LogP contribution in [0.3, 0.4) is 0 Å². The summed E-state index contributed by atoms with van der Waals surface area (Å²) in [6.07, 6.45) is 6.07. The van der Waals surface area contributed by atoms with Gasteiger partial charge in [0.1, 0.15) is 6.04 Å². The summed E-state index contributed by atoms with van der Waals surface area (Å²) in [6, 6.07) is -1.20. The molecule has 1 unspecified atom stereocenters. The smallest absolute Gasteiger partial charge is 0.326 e. The summed E-state index contributed by atoms with van der Waals surface area (Å²) < 4.78 is 0. The Hall–Kier alpha value is -0.950. The van der Waals surface area contributed by atoms with E-state index in [2.05, 4.69) is 15.5 Å². The van der Waals surface area contributed by atoms with Crippen molar-refractivity contribution in [1.29, 1.82) is 0 Å². The maximum Gasteiger partial charge on any atom is 0.326 e. The Bertz CT molecular complexity index is 335. The average molecular weight is 317 g/mol. The van der Waals surface area contributed by atoms with Crippen molar-refractivity contribution in [3.8, 4) is 0 Å². The lowest BCUT2D eigenvalue weighted by Gasteiger charge is -2.29. The van der Waals surface area contributed by atoms with Crippen molar-refractivity contribution in [1.82, 2.24) is 15.5 Å². The summed E-state index contributed by atoms with van der Waals surface area (Å²) in [5, 5.41) is 14.4. The van der Waals surface area contributed by atoms with Gasteiger partial charge in [0.15, 0.2) is 0 Å². The second kappa shape index (κ2) is 9.89. The first-order valence-corrected chi connectivity index (χ1v) is 8.93. The van der Waals surface area contributed by atoms with Crippen LogP contribution in [-0.2, 0) is 4.79 Å². The van der Waals surface area contributed by atoms with Crippen molar-refractivity contribution >= 4 is 23.8 Å². The third-order valence-corrected chi connectivity index (χ3v) is 4.22. The summed E-state index contributed by atoms with van der Waals surface area (Å²) in [6.45, 7) is 4.93. The monoisotopic (exact) mass is 317 g/mol. The van der Waals surface area contributed by atoms with E-state index in [1.165, 1.54) is 19.3 Å². The number of likely N-dealkylation sites (tertiary alicyclic amines) is 1. The molecule has 0 radical (unpaired) electrons. The summed E-state index contributed by atoms with van der Waals surface area (Å²) in [7, 11) is 0. The minimum atomic E-state index is -0.983. The zero-order chi connectivity index (χ0) is 15.7. The number of carbonyl (C=O) groups is 2. The Labute approximate surface area is 131 Å². The van der Waals surface area contributed by atoms with Crippen LogP contribution in [0.2, 0.25) is 0 Å². The van der Waals surface area contributed by atoms with Crippen molar-refractivity contribution in [2.75, 3.05) is 31.6 Å². The van der Waals surface area contributed by atoms with Gasteiger partial charge in [-0.1, -0.05) is 6.42 Å². The molecule has 2 amide bonds. The highest BCUT2D eigenvalue weighted by Gasteiger charge is 2.21. The zero-order valence-corrected chi connectivity index (χ0v) is 13.7. The fourth-order valence-electron chi connectivity index (χ4n) is 2.49. The van der Waals surface area contributed by atoms with Gasteiger partial charge >= 0.3 is 12.0 Å². The quantitative estimate of drug-likeness (QED) is 0.630. The lowest BCUT2D eigenvalue weighted by atomic mass is 10.1. The topological polar surface area (TPSA) is 81.7 Å². The first-order valence-electron chi connectivity index (χ1n) is 7.54. The zero-order valence-electron chi connectivity index (χ0n) is 12.9. The molecule has 0 aliphatic carbocycles. The predicted molar refractivity (Wildman–Crippen MR) is 85.8 cm³/mol. The molecule has 21 heavy (non-hydrogen) atoms. The molecule has 0 aromatic rings. The first-order chi connectivity index (χ1) is 10.0. The molecule has 0 aromatic heterocycles. The highest BCUT2D eigenvalue weighted by atomic mass is 32.2. The third kappa shape index (κ3) is 7.57. The van der Waals surface area contributed by atoms with Crippen molar-refractivity contribution < 1.29 is 14.7 Å². The molecule has 122 valence electrons. The van der Waals surface area contributed by atoms with E-state index >= 15 is 0 Å². The van der Waals surface area contributed by atoms with Crippen molar-refractivity contribution in [3.63, 3.8) is 0 Å². The summed E-state index contributed by atoms with van der Waals surface area (Å²) >= 11 is 1.57. The lowest BCUT2D eigenvalue weighted by Crippen LogP contribution is -2.51. The molecular weight excluding hydrogens is 290 g/mol. The van der Waals surface area contributed by atoms with Crippen LogP contribution in [0.25, 0.3) is 0 Å². The Morgan fingerprint density at radius 1 is 1.24 bits per heavy atom. The second-order valence-electron chi connectivity index (χ2n) is 5.55. The molecule has 1 aliphatic heterocycles. The maximum atomic E-state index is 11.9. The van der Waals surface area contributed by atoms with Crippen LogP contribution < -0.4 is 10.6 Å². The molecule has 0 bridgehead atoms. The second-order valence-corrected chi connectivity index (χ2v) is 6.54. The van der Waals surface area contributed by atoms with Crippen molar-refractivity contribution in [2.24, 2.45) is 0 Å². The number of nitrogens with one attached hydrogen (secondary N) is 2. The predicted octanol–water partition coefficient (Wildman–Crippen LogP) is 1.37. The minimum Gasteiger partial charge on any atom is -0.480 e. The fourth-order valence-corrected chi connectivity index (χ4v) is 2.96. The molecule has 1 fully saturated rings. The molecular formula is C14H27N3O3S. The Balaban J connectivity index is 2.31. The van der Waals surface area contributed by atoms with Gasteiger partial charge in [0.25, 0.3) is 0 Å². The van der Waals surface area contributed by atoms with E-state index in [9.17, 15) is 9.59 Å². The number of aliphatic carboxylic acids is 1. The normalized spacial score (nSPS) is 18.8. The summed E-state index contributed by atoms with van der Waals surface area (Å²) in [5.41, 5.74) is 0. The van der Waals surface area contributed by atoms with E-state index in [1.807, 2.05) is 13.2 Å². The van der Waals surface area contributed by atoms with Gasteiger partial charge in [0, 0.05) is 12.6 Å². The number of carbonyl (C=O) groups excluding carboxylic acids is 1. The Kier molecular flexibility index (Phi) is 8.52. The van der Waals surface area contributed by atoms with E-state index in [4.69, 9.17) is 5.11 Å². The largest absolute Gasteiger partial charge is 0.480 e. The molecule has 1 aliphatic rings. The SMILES string of the molecule is CSCC[C@H](NC(=O)NC(C)CN1CCCCC1)C(=O)O. The van der Waals surface area contributed by atoms with Crippen LogP contribution >= 0.6 is 11.8 Å². The molecule has 2 atom stereocenters. The van der Waals surface area contributed by atoms with Crippen LogP contribution in [0.5, 0.6) is 0 Å². The molecule has 1 heterocycles. The van der Waals surface area contributed by atoms with Crippen LogP contribution in [0.1, 0.15) is 32.6 Å². The number of carboxylic acid groups (broad SMARTS) is 1. The van der Waals surface area contributed by atoms with Gasteiger partial charge in [-0.05, 0) is 51.3 Å². The van der Waals surface area contributed by atoms with Gasteiger partial charge in [-0.15, -0.1) is 0 Å². The number of urea groups is 1. The van der Waals surface area contributed by atoms with Crippen molar-refractivity contribution in [2.45, 2.75) is 44.7 Å². The Morgan fingerprint density at radius 2 is 1.90 bits per heavy atom. The van der Waals surface area contributed by atoms with Crippen LogP contribution in [0.4, 0.5) is 4.79 Å². The van der Waals surface area contributed by atoms with Crippen molar-refractivity contribution in [3.05, 3.63) is 0 Å². The molecule has 1 saturated heterocycles. The van der Waals surface area contributed by atoms with E-state index in [-0.39, 0.29) is 6.04 Å². The third-order valence-electron chi connectivity index (χ3n) is 3.57. The molecule has 0 spiro atoms. The standard InChI is InChI=1S/C14H27N3O3S/c1-11(10-17-7-4-3-5-8-17)15-14(20)16-12(13(18)19)6-9-21-2/h11-12H,3-10H2,1-2H3,(H,18,19)(H2,15,16,20)/t11?,12-/m0/s1. The Morgan fingerprint density at radius 3 is 2.48 bits per heavy atom. The molecule has 0 aromatic carbocycles. The van der Waals surface area contributed by atoms with E-state index in [1.54, 1.807) is 11.8 Å². The summed E-state index contributed by atoms with van der Waals surface area (Å²) in [4.78, 5) is 25.3. The van der Waals surface area contributed by atoms with Gasteiger partial charge in [-0.25, -0.2) is 9.59 Å². The van der Waals surface area contributed by atoms with E-state index in [0.717, 1.165) is 19.6 Å². The van der Waals surface area contributed by atoms with E-state index < -0.39 is 18.0 Å². The minimum absolute atomic E-state index is 0.0121. The molecule has 0 saturated carbocycles. The van der Waals surface area contributed by atoms with Gasteiger partial charge in [0.05, 0.1) is 0 Å². The van der Waals surface area contributed by atoms with Crippen LogP contribution in [0.15, 0.2) is 0 Å². The van der Waals surface area contributed by atoms with E-state index in [0.29, 0.717) is 12.2 Å². The molecule has 3 N–H and O–H groups in total. The summed E-state index contributed by atoms with van der Waals surface area (Å²) in [5.74, 6) is -0.275. The number of piperidine rings is 1. The molecule has 7 heteroatoms. The average Bonchev–Trinajstić information content (AvgIpc) is 2.44. The van der Waals surface area contributed by atoms with Gasteiger partial charge < -0.3 is 20.6 Å². The van der Waals surface area contributed by atoms with Crippen LogP contribution in [-0.4, -0.2) is 65.7 Å². The lowest BCUT2D eigenvalue weighted by molar-refractivity contribution is -0.139. The number of rotatable bonds is 8. The number of hydrogen-bond donors (Lipinski definition) is 3. The van der Waals surface area contributed by atoms with Gasteiger partial charge in [0.2, 0.25) is 0 Å². The highest BCUT2D eigenvalue weighted by molar-refractivity contribution is 7.98. The van der Waals surface area contributed by atoms with Gasteiger partial charge in [-0.3, -0.25) is 0 Å². The number of nitrogens with zero attached hydrogens (tertiary/aromatic N) is 1. The molecule has 6 nitrogen and oxygen atoms in total. The molecule has 1 rings (SSSR count). The highest BCUT2D eigenvalue weighted by Crippen LogP contribution is 2.08. The fraction of sp³-hybridized carbons (Fsp3) is 0.857. The number of carboxylic acids is 1. The number of hydrogen-bond acceptors (Lipinski definition) is 4. The maximum absolute atomic E-state index is 11.9. The van der Waals surface area contributed by atoms with Crippen LogP contribution in [0, 0.1) is 0 Å².